The van der Waals surface area contributed by atoms with Gasteiger partial charge in [0.2, 0.25) is 5.91 Å². The fourth-order valence-corrected chi connectivity index (χ4v) is 5.86. The number of anilines is 1. The van der Waals surface area contributed by atoms with Gasteiger partial charge >= 0.3 is 5.92 Å². The van der Waals surface area contributed by atoms with E-state index in [1.807, 2.05) is 0 Å². The van der Waals surface area contributed by atoms with Crippen molar-refractivity contribution in [1.82, 2.24) is 9.80 Å². The van der Waals surface area contributed by atoms with E-state index in [2.05, 4.69) is 5.32 Å². The highest BCUT2D eigenvalue weighted by atomic mass is 19.3. The van der Waals surface area contributed by atoms with E-state index in [9.17, 15) is 23.2 Å². The fraction of sp³-hybridized carbons (Fsp3) is 0.464. The lowest BCUT2D eigenvalue weighted by Gasteiger charge is -2.41. The van der Waals surface area contributed by atoms with Gasteiger partial charge in [-0.15, -0.1) is 0 Å². The number of nitrogens with one attached hydrogen (secondary N) is 1. The number of benzene rings is 2. The number of piperidine rings is 1. The third kappa shape index (κ3) is 5.24. The van der Waals surface area contributed by atoms with Gasteiger partial charge < -0.3 is 19.9 Å². The van der Waals surface area contributed by atoms with E-state index in [4.69, 9.17) is 4.74 Å². The van der Waals surface area contributed by atoms with Gasteiger partial charge in [0.1, 0.15) is 11.6 Å². The Hall–Kier alpha value is -3.47. The summed E-state index contributed by atoms with van der Waals surface area (Å²) in [5.41, 5.74) is -0.964. The molecule has 2 aromatic rings. The normalized spacial score (nSPS) is 23.1. The van der Waals surface area contributed by atoms with E-state index in [-0.39, 0.29) is 41.5 Å². The molecule has 3 saturated heterocycles. The number of carbonyl (C=O) groups excluding carboxylic acids is 3. The number of aryl methyl sites for hydroxylation is 1. The molecule has 1 N–H and O–H groups in total. The zero-order valence-corrected chi connectivity index (χ0v) is 21.4. The number of hydrogen-bond donors (Lipinski definition) is 1. The second-order valence-electron chi connectivity index (χ2n) is 10.4. The maximum absolute atomic E-state index is 15.6. The third-order valence-corrected chi connectivity index (χ3v) is 7.89. The minimum Gasteiger partial charge on any atom is -0.378 e. The van der Waals surface area contributed by atoms with E-state index in [0.29, 0.717) is 45.2 Å². The van der Waals surface area contributed by atoms with E-state index >= 15 is 8.78 Å². The lowest BCUT2D eigenvalue weighted by molar-refractivity contribution is -0.166. The molecule has 3 fully saturated rings. The molecule has 0 aromatic heterocycles. The monoisotopic (exact) mass is 547 g/mol. The van der Waals surface area contributed by atoms with E-state index < -0.39 is 47.0 Å². The lowest BCUT2D eigenvalue weighted by atomic mass is 9.88. The summed E-state index contributed by atoms with van der Waals surface area (Å²) < 4.78 is 64.7. The largest absolute Gasteiger partial charge is 0.378 e. The van der Waals surface area contributed by atoms with Crippen molar-refractivity contribution in [1.29, 1.82) is 0 Å². The summed E-state index contributed by atoms with van der Waals surface area (Å²) in [6, 6.07) is 5.18. The molecule has 208 valence electrons. The number of halogens is 4. The molecule has 3 aliphatic heterocycles. The Morgan fingerprint density at radius 3 is 2.23 bits per heavy atom. The van der Waals surface area contributed by atoms with Crippen LogP contribution in [0.1, 0.15) is 47.2 Å². The highest BCUT2D eigenvalue weighted by Gasteiger charge is 2.54. The van der Waals surface area contributed by atoms with Crippen molar-refractivity contribution in [3.05, 3.63) is 64.7 Å². The molecule has 3 amide bonds. The highest BCUT2D eigenvalue weighted by Crippen LogP contribution is 2.43. The highest BCUT2D eigenvalue weighted by molar-refractivity contribution is 6.04. The molecule has 0 radical (unpaired) electrons. The molecule has 11 heteroatoms. The summed E-state index contributed by atoms with van der Waals surface area (Å²) in [6.07, 6.45) is 1.52. The van der Waals surface area contributed by atoms with Gasteiger partial charge in [0, 0.05) is 42.3 Å². The smallest absolute Gasteiger partial charge is 0.352 e. The van der Waals surface area contributed by atoms with Crippen molar-refractivity contribution in [2.24, 2.45) is 5.92 Å². The topological polar surface area (TPSA) is 79.0 Å². The van der Waals surface area contributed by atoms with E-state index in [0.717, 1.165) is 23.1 Å². The molecule has 5 rings (SSSR count). The van der Waals surface area contributed by atoms with Crippen molar-refractivity contribution in [3.63, 3.8) is 0 Å². The van der Waals surface area contributed by atoms with Crippen molar-refractivity contribution >= 4 is 23.4 Å². The second-order valence-corrected chi connectivity index (χ2v) is 10.4. The number of carbonyl (C=O) groups is 3. The Kier molecular flexibility index (Phi) is 7.37. The van der Waals surface area contributed by atoms with Gasteiger partial charge in [0.05, 0.1) is 18.8 Å². The van der Waals surface area contributed by atoms with Crippen LogP contribution in [0.5, 0.6) is 0 Å². The maximum Gasteiger partial charge on any atom is 0.352 e. The van der Waals surface area contributed by atoms with Crippen molar-refractivity contribution in [2.45, 2.75) is 50.6 Å². The molecular formula is C28H29F4N3O4. The zero-order valence-electron chi connectivity index (χ0n) is 21.4. The molecule has 0 spiro atoms. The van der Waals surface area contributed by atoms with Gasteiger partial charge in [-0.3, -0.25) is 14.4 Å². The average molecular weight is 548 g/mol. The van der Waals surface area contributed by atoms with Crippen LogP contribution in [-0.4, -0.2) is 65.9 Å². The number of nitrogens with zero attached hydrogens (tertiary/aromatic N) is 2. The number of fused-ring (bicyclic) bond motifs is 2. The molecule has 2 aromatic carbocycles. The number of hydrogen-bond acceptors (Lipinski definition) is 4. The summed E-state index contributed by atoms with van der Waals surface area (Å²) >= 11 is 0. The Morgan fingerprint density at radius 2 is 1.59 bits per heavy atom. The molecule has 39 heavy (non-hydrogen) atoms. The lowest BCUT2D eigenvalue weighted by Crippen LogP contribution is -2.54. The standard InChI is InChI=1S/C28H29F4N3O4/c1-16-12-19(3-7-23(16)29)33-25(36)17-2-6-24(30)22(15-17)28(31,32)27(38)35-20-4-5-21(35)14-18(13-20)26(37)34-8-10-39-11-9-34/h2-3,6-7,12,15,18,20-21H,4-5,8-11,13-14H2,1H3,(H,33,36)/t18-,20-,21?/m1/s1. The summed E-state index contributed by atoms with van der Waals surface area (Å²) in [6.45, 7) is 3.37. The fourth-order valence-electron chi connectivity index (χ4n) is 5.86. The molecule has 3 aliphatic rings. The zero-order chi connectivity index (χ0) is 27.9. The van der Waals surface area contributed by atoms with Crippen molar-refractivity contribution in [3.8, 4) is 0 Å². The van der Waals surface area contributed by atoms with Crippen molar-refractivity contribution < 1.29 is 36.7 Å². The van der Waals surface area contributed by atoms with Crippen LogP contribution in [0.15, 0.2) is 36.4 Å². The Morgan fingerprint density at radius 1 is 0.949 bits per heavy atom. The number of rotatable bonds is 5. The second kappa shape index (κ2) is 10.6. The molecule has 3 atom stereocenters. The minimum absolute atomic E-state index is 0.0461. The van der Waals surface area contributed by atoms with Crippen LogP contribution in [0.25, 0.3) is 0 Å². The molecule has 2 bridgehead atoms. The quantitative estimate of drug-likeness (QED) is 0.568. The SMILES string of the molecule is Cc1cc(NC(=O)c2ccc(F)c(C(F)(F)C(=O)N3C4CC[C@@H]3C[C@@H](C(=O)N3CCOCC3)C4)c2)ccc1F. The van der Waals surface area contributed by atoms with Crippen LogP contribution < -0.4 is 5.32 Å². The number of alkyl halides is 2. The van der Waals surface area contributed by atoms with Gasteiger partial charge in [0.25, 0.3) is 11.8 Å². The first-order valence-electron chi connectivity index (χ1n) is 13.0. The Balaban J connectivity index is 1.32. The predicted octanol–water partition coefficient (Wildman–Crippen LogP) is 4.25. The maximum atomic E-state index is 15.6. The number of amides is 3. The van der Waals surface area contributed by atoms with Crippen LogP contribution in [0.2, 0.25) is 0 Å². The van der Waals surface area contributed by atoms with Gasteiger partial charge in [0.15, 0.2) is 0 Å². The van der Waals surface area contributed by atoms with Crippen LogP contribution in [0.4, 0.5) is 23.2 Å². The van der Waals surface area contributed by atoms with Crippen LogP contribution in [0.3, 0.4) is 0 Å². The van der Waals surface area contributed by atoms with E-state index in [1.54, 1.807) is 4.90 Å². The summed E-state index contributed by atoms with van der Waals surface area (Å²) in [7, 11) is 0. The molecule has 0 aliphatic carbocycles. The predicted molar refractivity (Wildman–Crippen MR) is 133 cm³/mol. The molecular weight excluding hydrogens is 518 g/mol. The Labute approximate surface area is 223 Å². The number of morpholine rings is 1. The molecule has 1 unspecified atom stereocenters. The third-order valence-electron chi connectivity index (χ3n) is 7.89. The van der Waals surface area contributed by atoms with Gasteiger partial charge in [-0.25, -0.2) is 8.78 Å². The van der Waals surface area contributed by atoms with Gasteiger partial charge in [-0.2, -0.15) is 8.78 Å². The van der Waals surface area contributed by atoms with Gasteiger partial charge in [-0.1, -0.05) is 0 Å². The van der Waals surface area contributed by atoms with Crippen LogP contribution >= 0.6 is 0 Å². The Bertz CT molecular complexity index is 1280. The molecule has 3 heterocycles. The van der Waals surface area contributed by atoms with Crippen LogP contribution in [0, 0.1) is 24.5 Å². The first-order chi connectivity index (χ1) is 18.6. The first-order valence-corrected chi connectivity index (χ1v) is 13.0. The molecule has 0 saturated carbocycles. The average Bonchev–Trinajstić information content (AvgIpc) is 3.18. The van der Waals surface area contributed by atoms with Crippen LogP contribution in [-0.2, 0) is 20.2 Å². The minimum atomic E-state index is -4.23. The molecule has 7 nitrogen and oxygen atoms in total. The number of ether oxygens (including phenoxy) is 1. The summed E-state index contributed by atoms with van der Waals surface area (Å²) in [4.78, 5) is 41.8. The van der Waals surface area contributed by atoms with E-state index in [1.165, 1.54) is 19.1 Å². The van der Waals surface area contributed by atoms with Gasteiger partial charge in [-0.05, 0) is 74.6 Å². The first kappa shape index (κ1) is 27.1. The van der Waals surface area contributed by atoms with Crippen molar-refractivity contribution in [2.75, 3.05) is 31.6 Å². The summed E-state index contributed by atoms with van der Waals surface area (Å²) in [5, 5.41) is 2.47. The summed E-state index contributed by atoms with van der Waals surface area (Å²) in [5.74, 6) is -8.77.